The van der Waals surface area contributed by atoms with Gasteiger partial charge in [-0.05, 0) is 109 Å². The number of ether oxygens (including phenoxy) is 4. The van der Waals surface area contributed by atoms with Gasteiger partial charge in [0.1, 0.15) is 26.5 Å². The molecule has 0 amide bonds. The molecule has 304 valence electrons. The highest BCUT2D eigenvalue weighted by molar-refractivity contribution is 7.85. The summed E-state index contributed by atoms with van der Waals surface area (Å²) in [7, 11) is -0.276. The molecule has 2 N–H and O–H groups in total. The quantitative estimate of drug-likeness (QED) is 0.180. The van der Waals surface area contributed by atoms with E-state index in [9.17, 15) is 23.0 Å². The molecule has 0 aromatic heterocycles. The van der Waals surface area contributed by atoms with Crippen molar-refractivity contribution < 1.29 is 46.2 Å². The maximum atomic E-state index is 12.4. The van der Waals surface area contributed by atoms with Crippen molar-refractivity contribution in [2.45, 2.75) is 90.5 Å². The summed E-state index contributed by atoms with van der Waals surface area (Å²) in [6, 6.07) is 8.43. The molecule has 0 spiro atoms. The summed E-state index contributed by atoms with van der Waals surface area (Å²) in [5.74, 6) is 4.32. The van der Waals surface area contributed by atoms with E-state index in [2.05, 4.69) is 37.5 Å². The van der Waals surface area contributed by atoms with Gasteiger partial charge in [0.15, 0.2) is 23.0 Å². The number of aliphatic hydroxyl groups excluding tert-OH is 2. The minimum Gasteiger partial charge on any atom is -0.493 e. The fourth-order valence-corrected chi connectivity index (χ4v) is 9.27. The Labute approximate surface area is 322 Å². The first-order chi connectivity index (χ1) is 25.7. The number of fused-ring (bicyclic) bond motifs is 6. The van der Waals surface area contributed by atoms with E-state index in [1.54, 1.807) is 14.2 Å². The van der Waals surface area contributed by atoms with E-state index in [0.29, 0.717) is 46.7 Å². The molecule has 6 atom stereocenters. The first-order valence-electron chi connectivity index (χ1n) is 19.6. The number of piperidine rings is 2. The van der Waals surface area contributed by atoms with Gasteiger partial charge >= 0.3 is 0 Å². The predicted octanol–water partition coefficient (Wildman–Crippen LogP) is 5.75. The van der Waals surface area contributed by atoms with Crippen molar-refractivity contribution in [1.82, 2.24) is 9.80 Å². The zero-order valence-electron chi connectivity index (χ0n) is 33.3. The lowest BCUT2D eigenvalue weighted by molar-refractivity contribution is -0.0192. The average molecular weight is 778 g/mol. The van der Waals surface area contributed by atoms with E-state index in [1.165, 1.54) is 22.3 Å². The van der Waals surface area contributed by atoms with Gasteiger partial charge in [-0.1, -0.05) is 27.7 Å². The molecule has 0 saturated carbocycles. The molecule has 0 radical (unpaired) electrons. The van der Waals surface area contributed by atoms with Gasteiger partial charge < -0.3 is 29.2 Å². The van der Waals surface area contributed by atoms with Gasteiger partial charge in [-0.3, -0.25) is 14.0 Å². The van der Waals surface area contributed by atoms with Gasteiger partial charge in [-0.2, -0.15) is 8.42 Å². The summed E-state index contributed by atoms with van der Waals surface area (Å²) in [5.41, 5.74) is 4.83. The van der Waals surface area contributed by atoms with Crippen molar-refractivity contribution in [1.29, 1.82) is 0 Å². The third-order valence-corrected chi connectivity index (χ3v) is 11.9. The van der Waals surface area contributed by atoms with Crippen LogP contribution < -0.4 is 18.9 Å². The van der Waals surface area contributed by atoms with E-state index < -0.39 is 16.8 Å². The highest BCUT2D eigenvalue weighted by Gasteiger charge is 2.40. The van der Waals surface area contributed by atoms with Crippen LogP contribution >= 0.6 is 0 Å². The molecule has 13 heteroatoms. The number of halogens is 1. The molecule has 0 aliphatic carbocycles. The predicted molar refractivity (Wildman–Crippen MR) is 207 cm³/mol. The molecule has 4 aliphatic heterocycles. The third-order valence-electron chi connectivity index (χ3n) is 11.3. The number of aliphatic hydroxyl groups is 2. The third kappa shape index (κ3) is 10.8. The van der Waals surface area contributed by atoms with E-state index >= 15 is 0 Å². The zero-order chi connectivity index (χ0) is 39.2. The Morgan fingerprint density at radius 2 is 1.17 bits per heavy atom. The van der Waals surface area contributed by atoms with Crippen LogP contribution in [-0.4, -0.2) is 114 Å². The molecule has 54 heavy (non-hydrogen) atoms. The maximum absolute atomic E-state index is 12.4. The Hall–Kier alpha value is -2.68. The van der Waals surface area contributed by atoms with Crippen LogP contribution in [-0.2, 0) is 27.1 Å². The molecule has 2 fully saturated rings. The number of rotatable bonds is 14. The number of alkyl halides is 1. The van der Waals surface area contributed by atoms with Crippen molar-refractivity contribution in [2.24, 2.45) is 23.7 Å². The lowest BCUT2D eigenvalue weighted by Crippen LogP contribution is -2.48. The lowest BCUT2D eigenvalue weighted by atomic mass is 9.79. The first kappa shape index (κ1) is 42.5. The van der Waals surface area contributed by atoms with Crippen LogP contribution in [0.25, 0.3) is 0 Å². The Morgan fingerprint density at radius 1 is 0.722 bits per heavy atom. The summed E-state index contributed by atoms with van der Waals surface area (Å²) >= 11 is 0. The van der Waals surface area contributed by atoms with Crippen molar-refractivity contribution in [3.63, 3.8) is 0 Å². The second kappa shape index (κ2) is 19.0. The van der Waals surface area contributed by atoms with E-state index in [-0.39, 0.29) is 44.1 Å². The number of benzene rings is 2. The van der Waals surface area contributed by atoms with E-state index in [4.69, 9.17) is 23.1 Å². The highest BCUT2D eigenvalue weighted by Crippen LogP contribution is 2.45. The topological polar surface area (TPSA) is 127 Å². The largest absolute Gasteiger partial charge is 0.493 e. The van der Waals surface area contributed by atoms with Crippen molar-refractivity contribution in [3.05, 3.63) is 46.5 Å². The van der Waals surface area contributed by atoms with Gasteiger partial charge in [0.05, 0.1) is 32.7 Å². The van der Waals surface area contributed by atoms with Crippen LogP contribution in [0.4, 0.5) is 4.39 Å². The van der Waals surface area contributed by atoms with Gasteiger partial charge in [-0.25, -0.2) is 4.39 Å². The molecule has 4 heterocycles. The fourth-order valence-electron chi connectivity index (χ4n) is 8.90. The molecule has 6 unspecified atom stereocenters. The zero-order valence-corrected chi connectivity index (χ0v) is 34.1. The summed E-state index contributed by atoms with van der Waals surface area (Å²) in [4.78, 5) is 4.99. The second-order valence-corrected chi connectivity index (χ2v) is 17.9. The highest BCUT2D eigenvalue weighted by atomic mass is 32.2. The number of hydrogen-bond donors (Lipinski definition) is 2. The monoisotopic (exact) mass is 777 g/mol. The summed E-state index contributed by atoms with van der Waals surface area (Å²) < 4.78 is 61.5. The average Bonchev–Trinajstić information content (AvgIpc) is 3.12. The minimum absolute atomic E-state index is 0.0420. The van der Waals surface area contributed by atoms with Crippen LogP contribution in [0.3, 0.4) is 0 Å². The van der Waals surface area contributed by atoms with Crippen LogP contribution in [0.2, 0.25) is 0 Å². The molecule has 4 aliphatic rings. The van der Waals surface area contributed by atoms with Gasteiger partial charge in [0, 0.05) is 38.3 Å². The molecule has 0 bridgehead atoms. The van der Waals surface area contributed by atoms with E-state index in [1.807, 2.05) is 24.3 Å². The summed E-state index contributed by atoms with van der Waals surface area (Å²) in [6.07, 6.45) is 5.93. The van der Waals surface area contributed by atoms with E-state index in [0.717, 1.165) is 71.0 Å². The van der Waals surface area contributed by atoms with Gasteiger partial charge in [0.2, 0.25) is 0 Å². The Balaban J connectivity index is 0.000000210. The molecule has 2 aromatic carbocycles. The smallest absolute Gasteiger partial charge is 0.264 e. The minimum atomic E-state index is -3.48. The summed E-state index contributed by atoms with van der Waals surface area (Å²) in [6.45, 7) is 12.3. The van der Waals surface area contributed by atoms with Crippen molar-refractivity contribution in [2.75, 3.05) is 73.1 Å². The molecule has 2 aromatic rings. The Morgan fingerprint density at radius 3 is 1.56 bits per heavy atom. The molecular weight excluding hydrogens is 715 g/mol. The van der Waals surface area contributed by atoms with Crippen molar-refractivity contribution in [3.8, 4) is 23.0 Å². The normalized spacial score (nSPS) is 25.5. The molecule has 11 nitrogen and oxygen atoms in total. The van der Waals surface area contributed by atoms with Crippen LogP contribution in [0, 0.1) is 23.7 Å². The van der Waals surface area contributed by atoms with Crippen LogP contribution in [0.5, 0.6) is 23.0 Å². The first-order valence-corrected chi connectivity index (χ1v) is 21.4. The SMILES string of the molecule is COc1cc2c(cc1OCCOS(C)(=O)=O)CCN1CC(CC(C)C)C(O)CC21.COc1cc2c(cc1OCC[18F])CCN1CC(CC(C)C)C(O)CC21. The fraction of sp³-hybridized carbons (Fsp3) is 0.707. The molecule has 6 rings (SSSR count). The Bertz CT molecular complexity index is 1640. The lowest BCUT2D eigenvalue weighted by Gasteiger charge is -2.46. The summed E-state index contributed by atoms with van der Waals surface area (Å²) in [5, 5.41) is 21.4. The standard InChI is InChI=1S/C21H33NO6S.C20H30FNO3/c1-14(2)9-16-13-22-6-5-15-10-21(27-7-8-28-29(4,24)25)20(26-3)11-17(15)18(22)12-19(16)23;1-13(2)8-15-12-22-6-4-14-9-20(25-7-5-21)19(24-3)10-16(14)17(22)11-18(15)23/h10-11,14,16,18-19,23H,5-9,12-13H2,1-4H3;9-10,13,15,17-18,23H,4-8,11-12H2,1-3H3/i;21-1. The number of hydrogen-bond acceptors (Lipinski definition) is 11. The van der Waals surface area contributed by atoms with Crippen LogP contribution in [0.1, 0.15) is 87.7 Å². The maximum Gasteiger partial charge on any atom is 0.264 e. The molecule has 2 saturated heterocycles. The number of nitrogens with zero attached hydrogens (tertiary/aromatic N) is 2. The van der Waals surface area contributed by atoms with Gasteiger partial charge in [0.25, 0.3) is 10.1 Å². The number of methoxy groups -OCH3 is 2. The second-order valence-electron chi connectivity index (χ2n) is 16.2. The Kier molecular flexibility index (Phi) is 14.9. The van der Waals surface area contributed by atoms with Crippen molar-refractivity contribution >= 4 is 10.1 Å². The van der Waals surface area contributed by atoms with Gasteiger partial charge in [-0.15, -0.1) is 0 Å². The molecular formula is C41H63FN2O9S. The van der Waals surface area contributed by atoms with Crippen LogP contribution in [0.15, 0.2) is 24.3 Å².